The van der Waals surface area contributed by atoms with Crippen LogP contribution in [0.3, 0.4) is 0 Å². The van der Waals surface area contributed by atoms with Gasteiger partial charge in [0.2, 0.25) is 0 Å². The van der Waals surface area contributed by atoms with Gasteiger partial charge in [0.1, 0.15) is 0 Å². The maximum Gasteiger partial charge on any atom is 0.0507 e. The Morgan fingerprint density at radius 1 is 1.24 bits per heavy atom. The first-order valence-corrected chi connectivity index (χ1v) is 8.64. The van der Waals surface area contributed by atoms with Gasteiger partial charge in [-0.2, -0.15) is 0 Å². The van der Waals surface area contributed by atoms with Gasteiger partial charge in [0, 0.05) is 26.2 Å². The first-order chi connectivity index (χ1) is 10.2. The van der Waals surface area contributed by atoms with Crippen LogP contribution in [0.1, 0.15) is 56.7 Å². The number of hydrogen-bond acceptors (Lipinski definition) is 2. The lowest BCUT2D eigenvalue weighted by Crippen LogP contribution is -2.34. The van der Waals surface area contributed by atoms with E-state index in [1.807, 2.05) is 13.8 Å². The molecular weight excluding hydrogens is 258 g/mol. The highest BCUT2D eigenvalue weighted by atomic mass is 16.5. The molecule has 2 heteroatoms. The van der Waals surface area contributed by atoms with Crippen molar-refractivity contribution in [2.75, 3.05) is 26.3 Å². The Morgan fingerprint density at radius 3 is 2.71 bits per heavy atom. The molecule has 0 aromatic heterocycles. The third kappa shape index (κ3) is 4.31. The number of rotatable bonds is 3. The molecule has 1 saturated heterocycles. The van der Waals surface area contributed by atoms with Crippen molar-refractivity contribution in [1.82, 2.24) is 4.90 Å². The zero-order valence-electron chi connectivity index (χ0n) is 14.2. The largest absolute Gasteiger partial charge is 0.381 e. The molecule has 3 rings (SSSR count). The highest BCUT2D eigenvalue weighted by molar-refractivity contribution is 5.35. The SMILES string of the molecule is CC.CC(C)c1ccc2c(c1)CN(CC1CCOC1)CC2. The minimum absolute atomic E-state index is 0.629. The second kappa shape index (κ2) is 7.95. The maximum atomic E-state index is 5.49. The Kier molecular flexibility index (Phi) is 6.25. The van der Waals surface area contributed by atoms with Gasteiger partial charge < -0.3 is 4.74 Å². The summed E-state index contributed by atoms with van der Waals surface area (Å²) in [5.41, 5.74) is 4.59. The molecule has 1 aromatic carbocycles. The van der Waals surface area contributed by atoms with E-state index in [0.29, 0.717) is 5.92 Å². The lowest BCUT2D eigenvalue weighted by Gasteiger charge is -2.31. The summed E-state index contributed by atoms with van der Waals surface area (Å²) in [6.45, 7) is 14.0. The molecule has 1 atom stereocenters. The average molecular weight is 289 g/mol. The Bertz CT molecular complexity index is 435. The monoisotopic (exact) mass is 289 g/mol. The van der Waals surface area contributed by atoms with Crippen molar-refractivity contribution in [3.63, 3.8) is 0 Å². The molecule has 0 aliphatic carbocycles. The van der Waals surface area contributed by atoms with Gasteiger partial charge in [-0.25, -0.2) is 0 Å². The third-order valence-electron chi connectivity index (χ3n) is 4.53. The van der Waals surface area contributed by atoms with Gasteiger partial charge in [-0.3, -0.25) is 4.90 Å². The fraction of sp³-hybridized carbons (Fsp3) is 0.684. The topological polar surface area (TPSA) is 12.5 Å². The standard InChI is InChI=1S/C17H25NO.C2H6/c1-13(2)16-4-3-15-5-7-18(11-17(15)9-16)10-14-6-8-19-12-14;1-2/h3-4,9,13-14H,5-8,10-12H2,1-2H3;1-2H3. The molecule has 2 aliphatic heterocycles. The molecular formula is C19H31NO. The summed E-state index contributed by atoms with van der Waals surface area (Å²) in [5.74, 6) is 1.39. The van der Waals surface area contributed by atoms with Gasteiger partial charge in [-0.05, 0) is 41.4 Å². The zero-order valence-corrected chi connectivity index (χ0v) is 14.2. The van der Waals surface area contributed by atoms with E-state index in [1.165, 1.54) is 31.5 Å². The molecule has 118 valence electrons. The van der Waals surface area contributed by atoms with Crippen LogP contribution >= 0.6 is 0 Å². The van der Waals surface area contributed by atoms with Crippen molar-refractivity contribution < 1.29 is 4.74 Å². The van der Waals surface area contributed by atoms with Crippen LogP contribution in [0.15, 0.2) is 18.2 Å². The molecule has 0 saturated carbocycles. The lowest BCUT2D eigenvalue weighted by molar-refractivity contribution is 0.162. The van der Waals surface area contributed by atoms with Gasteiger partial charge >= 0.3 is 0 Å². The van der Waals surface area contributed by atoms with Gasteiger partial charge in [-0.15, -0.1) is 0 Å². The van der Waals surface area contributed by atoms with Crippen molar-refractivity contribution in [3.8, 4) is 0 Å². The van der Waals surface area contributed by atoms with Crippen LogP contribution < -0.4 is 0 Å². The molecule has 1 aromatic rings. The predicted molar refractivity (Wildman–Crippen MR) is 89.8 cm³/mol. The summed E-state index contributed by atoms with van der Waals surface area (Å²) in [6, 6.07) is 7.09. The average Bonchev–Trinajstić information content (AvgIpc) is 3.01. The van der Waals surface area contributed by atoms with Gasteiger partial charge in [0.05, 0.1) is 6.61 Å². The maximum absolute atomic E-state index is 5.49. The summed E-state index contributed by atoms with van der Waals surface area (Å²) in [5, 5.41) is 0. The van der Waals surface area contributed by atoms with E-state index in [9.17, 15) is 0 Å². The minimum Gasteiger partial charge on any atom is -0.381 e. The smallest absolute Gasteiger partial charge is 0.0507 e. The molecule has 1 unspecified atom stereocenters. The lowest BCUT2D eigenvalue weighted by atomic mass is 9.93. The molecule has 0 bridgehead atoms. The fourth-order valence-electron chi connectivity index (χ4n) is 3.24. The van der Waals surface area contributed by atoms with E-state index >= 15 is 0 Å². The quantitative estimate of drug-likeness (QED) is 0.825. The van der Waals surface area contributed by atoms with E-state index in [0.717, 1.165) is 25.7 Å². The van der Waals surface area contributed by atoms with Crippen molar-refractivity contribution in [3.05, 3.63) is 34.9 Å². The molecule has 1 fully saturated rings. The second-order valence-electron chi connectivity index (χ2n) is 6.40. The Labute approximate surface area is 130 Å². The highest BCUT2D eigenvalue weighted by Gasteiger charge is 2.22. The van der Waals surface area contributed by atoms with Crippen molar-refractivity contribution in [1.29, 1.82) is 0 Å². The van der Waals surface area contributed by atoms with Crippen LogP contribution in [0.4, 0.5) is 0 Å². The zero-order chi connectivity index (χ0) is 15.2. The molecule has 2 aliphatic rings. The van der Waals surface area contributed by atoms with E-state index in [-0.39, 0.29) is 0 Å². The third-order valence-corrected chi connectivity index (χ3v) is 4.53. The Balaban J connectivity index is 0.000000774. The minimum atomic E-state index is 0.629. The molecule has 2 nitrogen and oxygen atoms in total. The predicted octanol–water partition coefficient (Wildman–Crippen LogP) is 4.23. The first-order valence-electron chi connectivity index (χ1n) is 8.64. The van der Waals surface area contributed by atoms with Crippen molar-refractivity contribution in [2.24, 2.45) is 5.92 Å². The summed E-state index contributed by atoms with van der Waals surface area (Å²) in [7, 11) is 0. The Morgan fingerprint density at radius 2 is 2.05 bits per heavy atom. The van der Waals surface area contributed by atoms with Crippen LogP contribution in [0, 0.1) is 5.92 Å². The summed E-state index contributed by atoms with van der Waals surface area (Å²) >= 11 is 0. The van der Waals surface area contributed by atoms with E-state index in [1.54, 1.807) is 11.1 Å². The number of nitrogens with zero attached hydrogens (tertiary/aromatic N) is 1. The van der Waals surface area contributed by atoms with Crippen molar-refractivity contribution in [2.45, 2.75) is 53.0 Å². The van der Waals surface area contributed by atoms with Crippen LogP contribution in [0.5, 0.6) is 0 Å². The van der Waals surface area contributed by atoms with Gasteiger partial charge in [0.15, 0.2) is 0 Å². The van der Waals surface area contributed by atoms with Crippen LogP contribution in [-0.2, 0) is 17.7 Å². The Hall–Kier alpha value is -0.860. The highest BCUT2D eigenvalue weighted by Crippen LogP contribution is 2.25. The summed E-state index contributed by atoms with van der Waals surface area (Å²) in [4.78, 5) is 2.62. The van der Waals surface area contributed by atoms with Gasteiger partial charge in [0.25, 0.3) is 0 Å². The van der Waals surface area contributed by atoms with Crippen LogP contribution in [0.2, 0.25) is 0 Å². The van der Waals surface area contributed by atoms with Crippen molar-refractivity contribution >= 4 is 0 Å². The molecule has 2 heterocycles. The number of hydrogen-bond donors (Lipinski definition) is 0. The summed E-state index contributed by atoms with van der Waals surface area (Å²) in [6.07, 6.45) is 2.46. The molecule has 0 radical (unpaired) electrons. The molecule has 0 N–H and O–H groups in total. The normalized spacial score (nSPS) is 21.9. The van der Waals surface area contributed by atoms with Crippen LogP contribution in [0.25, 0.3) is 0 Å². The molecule has 0 amide bonds. The van der Waals surface area contributed by atoms with Crippen LogP contribution in [-0.4, -0.2) is 31.2 Å². The van der Waals surface area contributed by atoms with E-state index in [2.05, 4.69) is 36.9 Å². The number of fused-ring (bicyclic) bond motifs is 1. The fourth-order valence-corrected chi connectivity index (χ4v) is 3.24. The summed E-state index contributed by atoms with van der Waals surface area (Å²) < 4.78 is 5.49. The first kappa shape index (κ1) is 16.5. The second-order valence-corrected chi connectivity index (χ2v) is 6.40. The van der Waals surface area contributed by atoms with E-state index in [4.69, 9.17) is 4.74 Å². The van der Waals surface area contributed by atoms with Gasteiger partial charge in [-0.1, -0.05) is 45.9 Å². The number of benzene rings is 1. The number of ether oxygens (including phenoxy) is 1. The molecule has 21 heavy (non-hydrogen) atoms. The molecule has 0 spiro atoms. The van der Waals surface area contributed by atoms with E-state index < -0.39 is 0 Å².